The number of imide groups is 1. The Morgan fingerprint density at radius 2 is 1.69 bits per heavy atom. The third kappa shape index (κ3) is 3.19. The van der Waals surface area contributed by atoms with Crippen molar-refractivity contribution < 1.29 is 19.3 Å². The van der Waals surface area contributed by atoms with E-state index in [4.69, 9.17) is 0 Å². The van der Waals surface area contributed by atoms with Gasteiger partial charge in [0.1, 0.15) is 0 Å². The monoisotopic (exact) mass is 431 g/mol. The Labute approximate surface area is 184 Å². The Hall–Kier alpha value is -3.81. The summed E-state index contributed by atoms with van der Waals surface area (Å²) in [5.41, 5.74) is 2.34. The highest BCUT2D eigenvalue weighted by Crippen LogP contribution is 2.53. The van der Waals surface area contributed by atoms with Crippen LogP contribution in [0.1, 0.15) is 17.5 Å². The van der Waals surface area contributed by atoms with Crippen LogP contribution in [0.3, 0.4) is 0 Å². The minimum Gasteiger partial charge on any atom is -0.326 e. The molecule has 8 heteroatoms. The second-order valence-electron chi connectivity index (χ2n) is 8.66. The molecule has 1 N–H and O–H groups in total. The summed E-state index contributed by atoms with van der Waals surface area (Å²) in [6.45, 7) is 1.69. The van der Waals surface area contributed by atoms with Gasteiger partial charge in [-0.3, -0.25) is 29.4 Å². The van der Waals surface area contributed by atoms with Gasteiger partial charge in [-0.25, -0.2) is 0 Å². The smallest absolute Gasteiger partial charge is 0.269 e. The van der Waals surface area contributed by atoms with Crippen LogP contribution >= 0.6 is 0 Å². The van der Waals surface area contributed by atoms with Crippen LogP contribution in [0.2, 0.25) is 0 Å². The van der Waals surface area contributed by atoms with Crippen LogP contribution in [-0.4, -0.2) is 22.6 Å². The van der Waals surface area contributed by atoms with Crippen LogP contribution < -0.4 is 10.2 Å². The molecule has 0 radical (unpaired) electrons. The molecule has 3 amide bonds. The summed E-state index contributed by atoms with van der Waals surface area (Å²) < 4.78 is 0. The Balaban J connectivity index is 1.26. The van der Waals surface area contributed by atoms with Crippen molar-refractivity contribution >= 4 is 34.8 Å². The van der Waals surface area contributed by atoms with Crippen molar-refractivity contribution in [3.63, 3.8) is 0 Å². The standard InChI is InChI=1S/C24H21N3O5/c1-13-10-18(27(31)32)8-9-19(13)25-20(28)11-14-2-6-17(7-3-14)26-23(29)21-15-4-5-16(12-15)22(21)24(26)30/h2-10,15-16,21-22H,11-12H2,1H3,(H,25,28). The van der Waals surface area contributed by atoms with Gasteiger partial charge in [-0.15, -0.1) is 0 Å². The summed E-state index contributed by atoms with van der Waals surface area (Å²) in [5, 5.41) is 13.6. The molecule has 0 spiro atoms. The fourth-order valence-electron chi connectivity index (χ4n) is 5.20. The highest BCUT2D eigenvalue weighted by molar-refractivity contribution is 6.22. The number of nitro groups is 1. The molecule has 5 rings (SSSR count). The predicted octanol–water partition coefficient (Wildman–Crippen LogP) is 3.40. The number of nitrogens with zero attached hydrogens (tertiary/aromatic N) is 2. The van der Waals surface area contributed by atoms with E-state index in [2.05, 4.69) is 17.5 Å². The Morgan fingerprint density at radius 3 is 2.25 bits per heavy atom. The average molecular weight is 431 g/mol. The van der Waals surface area contributed by atoms with Crippen LogP contribution in [0.4, 0.5) is 17.1 Å². The van der Waals surface area contributed by atoms with E-state index in [9.17, 15) is 24.5 Å². The molecule has 32 heavy (non-hydrogen) atoms. The first kappa shape index (κ1) is 20.1. The molecule has 8 nitrogen and oxygen atoms in total. The number of carbonyl (C=O) groups is 3. The zero-order valence-corrected chi connectivity index (χ0v) is 17.4. The first-order valence-corrected chi connectivity index (χ1v) is 10.5. The third-order valence-electron chi connectivity index (χ3n) is 6.72. The maximum absolute atomic E-state index is 12.9. The molecule has 0 aromatic heterocycles. The normalized spacial score (nSPS) is 25.3. The van der Waals surface area contributed by atoms with Crippen LogP contribution in [0.25, 0.3) is 0 Å². The fraction of sp³-hybridized carbons (Fsp3) is 0.292. The van der Waals surface area contributed by atoms with Gasteiger partial charge in [0, 0.05) is 17.8 Å². The molecule has 3 aliphatic rings. The molecule has 2 fully saturated rings. The molecular formula is C24H21N3O5. The van der Waals surface area contributed by atoms with Crippen molar-refractivity contribution in [2.45, 2.75) is 19.8 Å². The molecule has 1 aliphatic heterocycles. The summed E-state index contributed by atoms with van der Waals surface area (Å²) in [6, 6.07) is 11.1. The van der Waals surface area contributed by atoms with Crippen molar-refractivity contribution in [2.24, 2.45) is 23.7 Å². The summed E-state index contributed by atoms with van der Waals surface area (Å²) in [7, 11) is 0. The van der Waals surface area contributed by atoms with Gasteiger partial charge in [0.2, 0.25) is 17.7 Å². The first-order valence-electron chi connectivity index (χ1n) is 10.5. The zero-order valence-electron chi connectivity index (χ0n) is 17.4. The SMILES string of the molecule is Cc1cc([N+](=O)[O-])ccc1NC(=O)Cc1ccc(N2C(=O)C3C4C=CC(C4)C3C2=O)cc1. The van der Waals surface area contributed by atoms with Gasteiger partial charge in [0.15, 0.2) is 0 Å². The summed E-state index contributed by atoms with van der Waals surface area (Å²) in [6.07, 6.45) is 5.12. The molecular weight excluding hydrogens is 410 g/mol. The van der Waals surface area contributed by atoms with Crippen molar-refractivity contribution in [3.05, 3.63) is 75.9 Å². The number of aryl methyl sites for hydroxylation is 1. The molecule has 2 aromatic carbocycles. The van der Waals surface area contributed by atoms with Gasteiger partial charge in [-0.1, -0.05) is 24.3 Å². The second kappa shape index (κ2) is 7.40. The lowest BCUT2D eigenvalue weighted by Gasteiger charge is -2.17. The number of rotatable bonds is 5. The summed E-state index contributed by atoms with van der Waals surface area (Å²) in [4.78, 5) is 49.9. The van der Waals surface area contributed by atoms with Gasteiger partial charge in [-0.2, -0.15) is 0 Å². The molecule has 1 saturated heterocycles. The van der Waals surface area contributed by atoms with Gasteiger partial charge in [0.05, 0.1) is 28.9 Å². The maximum Gasteiger partial charge on any atom is 0.269 e. The Bertz CT molecular complexity index is 1160. The molecule has 2 aliphatic carbocycles. The largest absolute Gasteiger partial charge is 0.326 e. The zero-order chi connectivity index (χ0) is 22.6. The van der Waals surface area contributed by atoms with Gasteiger partial charge < -0.3 is 5.32 Å². The molecule has 4 atom stereocenters. The number of fused-ring (bicyclic) bond motifs is 5. The molecule has 1 saturated carbocycles. The number of carbonyl (C=O) groups excluding carboxylic acids is 3. The molecule has 1 heterocycles. The van der Waals surface area contributed by atoms with E-state index in [-0.39, 0.29) is 53.5 Å². The van der Waals surface area contributed by atoms with E-state index in [1.165, 1.54) is 23.1 Å². The van der Waals surface area contributed by atoms with Gasteiger partial charge in [-0.05, 0) is 54.5 Å². The Kier molecular flexibility index (Phi) is 4.65. The summed E-state index contributed by atoms with van der Waals surface area (Å²) >= 11 is 0. The number of hydrogen-bond acceptors (Lipinski definition) is 5. The molecule has 2 aromatic rings. The topological polar surface area (TPSA) is 110 Å². The highest BCUT2D eigenvalue weighted by atomic mass is 16.6. The van der Waals surface area contributed by atoms with E-state index < -0.39 is 4.92 Å². The van der Waals surface area contributed by atoms with E-state index >= 15 is 0 Å². The fourth-order valence-corrected chi connectivity index (χ4v) is 5.20. The average Bonchev–Trinajstić information content (AvgIpc) is 3.44. The number of hydrogen-bond donors (Lipinski definition) is 1. The minimum absolute atomic E-state index is 0.0324. The molecule has 4 unspecified atom stereocenters. The number of nitrogens with one attached hydrogen (secondary N) is 1. The predicted molar refractivity (Wildman–Crippen MR) is 117 cm³/mol. The van der Waals surface area contributed by atoms with Crippen molar-refractivity contribution in [2.75, 3.05) is 10.2 Å². The van der Waals surface area contributed by atoms with E-state index in [0.717, 1.165) is 12.0 Å². The maximum atomic E-state index is 12.9. The number of benzene rings is 2. The first-order chi connectivity index (χ1) is 15.3. The number of allylic oxidation sites excluding steroid dienone is 2. The lowest BCUT2D eigenvalue weighted by molar-refractivity contribution is -0.384. The van der Waals surface area contributed by atoms with Crippen LogP contribution in [-0.2, 0) is 20.8 Å². The number of non-ortho nitro benzene ring substituents is 1. The second-order valence-corrected chi connectivity index (χ2v) is 8.66. The van der Waals surface area contributed by atoms with E-state index in [0.29, 0.717) is 16.9 Å². The highest BCUT2D eigenvalue weighted by Gasteiger charge is 2.59. The van der Waals surface area contributed by atoms with Gasteiger partial charge >= 0.3 is 0 Å². The quantitative estimate of drug-likeness (QED) is 0.338. The number of amides is 3. The Morgan fingerprint density at radius 1 is 1.06 bits per heavy atom. The lowest BCUT2D eigenvalue weighted by Crippen LogP contribution is -2.32. The number of nitro benzene ring substituents is 1. The molecule has 162 valence electrons. The molecule has 2 bridgehead atoms. The third-order valence-corrected chi connectivity index (χ3v) is 6.72. The summed E-state index contributed by atoms with van der Waals surface area (Å²) in [5.74, 6) is -0.678. The van der Waals surface area contributed by atoms with E-state index in [1.54, 1.807) is 31.2 Å². The number of anilines is 2. The van der Waals surface area contributed by atoms with Crippen molar-refractivity contribution in [3.8, 4) is 0 Å². The van der Waals surface area contributed by atoms with Crippen LogP contribution in [0.5, 0.6) is 0 Å². The van der Waals surface area contributed by atoms with Gasteiger partial charge in [0.25, 0.3) is 5.69 Å². The van der Waals surface area contributed by atoms with Crippen molar-refractivity contribution in [1.29, 1.82) is 0 Å². The minimum atomic E-state index is -0.482. The van der Waals surface area contributed by atoms with Crippen LogP contribution in [0.15, 0.2) is 54.6 Å². The van der Waals surface area contributed by atoms with Crippen LogP contribution in [0, 0.1) is 40.7 Å². The van der Waals surface area contributed by atoms with E-state index in [1.807, 2.05) is 0 Å². The van der Waals surface area contributed by atoms with Crippen molar-refractivity contribution in [1.82, 2.24) is 0 Å². The lowest BCUT2D eigenvalue weighted by atomic mass is 9.85.